The van der Waals surface area contributed by atoms with Gasteiger partial charge in [-0.15, -0.1) is 0 Å². The average molecular weight is 337 g/mol. The summed E-state index contributed by atoms with van der Waals surface area (Å²) < 4.78 is 6.80. The molecule has 0 spiro atoms. The Morgan fingerprint density at radius 2 is 2.09 bits per heavy atom. The molecule has 0 saturated carbocycles. The Labute approximate surface area is 138 Å². The normalized spacial score (nSPS) is 11.9. The molecule has 0 aromatic carbocycles. The molecule has 122 valence electrons. The molecule has 2 aromatic rings. The predicted molar refractivity (Wildman–Crippen MR) is 85.4 cm³/mol. The van der Waals surface area contributed by atoms with Crippen molar-refractivity contribution >= 4 is 29.2 Å². The minimum absolute atomic E-state index is 0.0315. The number of esters is 1. The van der Waals surface area contributed by atoms with Gasteiger partial charge in [-0.05, 0) is 32.9 Å². The highest BCUT2D eigenvalue weighted by molar-refractivity contribution is 6.32. The first-order valence-corrected chi connectivity index (χ1v) is 7.31. The van der Waals surface area contributed by atoms with Gasteiger partial charge in [0, 0.05) is 13.2 Å². The van der Waals surface area contributed by atoms with Crippen molar-refractivity contribution in [2.24, 2.45) is 7.05 Å². The average Bonchev–Trinajstić information content (AvgIpc) is 2.73. The Balaban J connectivity index is 2.06. The summed E-state index contributed by atoms with van der Waals surface area (Å²) in [4.78, 5) is 28.0. The molecule has 8 heteroatoms. The maximum atomic E-state index is 12.2. The van der Waals surface area contributed by atoms with Gasteiger partial charge in [0.2, 0.25) is 0 Å². The number of hydrogen-bond donors (Lipinski definition) is 1. The summed E-state index contributed by atoms with van der Waals surface area (Å²) in [6.45, 7) is 5.11. The van der Waals surface area contributed by atoms with E-state index in [-0.39, 0.29) is 10.7 Å². The lowest BCUT2D eigenvalue weighted by Crippen LogP contribution is -2.30. The van der Waals surface area contributed by atoms with Crippen LogP contribution < -0.4 is 5.32 Å². The number of nitrogens with one attached hydrogen (secondary N) is 1. The van der Waals surface area contributed by atoms with Crippen LogP contribution in [0.25, 0.3) is 0 Å². The number of aromatic nitrogens is 3. The molecule has 1 amide bonds. The van der Waals surface area contributed by atoms with Crippen LogP contribution >= 0.6 is 11.6 Å². The van der Waals surface area contributed by atoms with Gasteiger partial charge in [-0.3, -0.25) is 9.48 Å². The minimum Gasteiger partial charge on any atom is -0.449 e. The van der Waals surface area contributed by atoms with E-state index in [1.54, 1.807) is 24.7 Å². The van der Waals surface area contributed by atoms with Crippen LogP contribution in [-0.4, -0.2) is 32.7 Å². The van der Waals surface area contributed by atoms with Crippen molar-refractivity contribution < 1.29 is 14.3 Å². The Morgan fingerprint density at radius 1 is 1.39 bits per heavy atom. The topological polar surface area (TPSA) is 86.1 Å². The van der Waals surface area contributed by atoms with Crippen LogP contribution in [-0.2, 0) is 16.6 Å². The zero-order valence-electron chi connectivity index (χ0n) is 13.3. The number of amides is 1. The predicted octanol–water partition coefficient (Wildman–Crippen LogP) is 2.27. The number of pyridine rings is 1. The fourth-order valence-electron chi connectivity index (χ4n) is 2.00. The molecular formula is C15H17ClN4O3. The first-order chi connectivity index (χ1) is 10.8. The van der Waals surface area contributed by atoms with Crippen LogP contribution in [0, 0.1) is 13.8 Å². The summed E-state index contributed by atoms with van der Waals surface area (Å²) in [5.74, 6) is -1.15. The SMILES string of the molecule is Cc1nn(C)c(C)c1NC(=O)[C@H](C)OC(=O)c1cccnc1Cl. The van der Waals surface area contributed by atoms with E-state index in [0.717, 1.165) is 5.69 Å². The number of carbonyl (C=O) groups is 2. The van der Waals surface area contributed by atoms with Gasteiger partial charge < -0.3 is 10.1 Å². The van der Waals surface area contributed by atoms with Crippen LogP contribution in [0.3, 0.4) is 0 Å². The molecule has 0 saturated heterocycles. The fraction of sp³-hybridized carbons (Fsp3) is 0.333. The van der Waals surface area contributed by atoms with E-state index in [2.05, 4.69) is 15.4 Å². The molecule has 0 bridgehead atoms. The van der Waals surface area contributed by atoms with E-state index in [0.29, 0.717) is 11.4 Å². The van der Waals surface area contributed by atoms with Gasteiger partial charge in [-0.2, -0.15) is 5.10 Å². The lowest BCUT2D eigenvalue weighted by Gasteiger charge is -2.14. The van der Waals surface area contributed by atoms with Crippen molar-refractivity contribution in [1.82, 2.24) is 14.8 Å². The molecule has 7 nitrogen and oxygen atoms in total. The molecule has 2 rings (SSSR count). The van der Waals surface area contributed by atoms with Crippen LogP contribution in [0.15, 0.2) is 18.3 Å². The van der Waals surface area contributed by atoms with Gasteiger partial charge in [0.1, 0.15) is 5.15 Å². The molecule has 0 aliphatic rings. The highest BCUT2D eigenvalue weighted by atomic mass is 35.5. The maximum Gasteiger partial charge on any atom is 0.342 e. The first kappa shape index (κ1) is 17.0. The highest BCUT2D eigenvalue weighted by Gasteiger charge is 2.22. The third kappa shape index (κ3) is 3.68. The van der Waals surface area contributed by atoms with E-state index < -0.39 is 18.0 Å². The number of carbonyl (C=O) groups excluding carboxylic acids is 2. The number of rotatable bonds is 4. The van der Waals surface area contributed by atoms with Crippen molar-refractivity contribution in [3.8, 4) is 0 Å². The van der Waals surface area contributed by atoms with E-state index >= 15 is 0 Å². The van der Waals surface area contributed by atoms with E-state index in [1.807, 2.05) is 6.92 Å². The quantitative estimate of drug-likeness (QED) is 0.683. The Hall–Kier alpha value is -2.41. The third-order valence-electron chi connectivity index (χ3n) is 3.39. The molecule has 1 atom stereocenters. The number of nitrogens with zero attached hydrogens (tertiary/aromatic N) is 3. The zero-order valence-corrected chi connectivity index (χ0v) is 14.0. The van der Waals surface area contributed by atoms with E-state index in [1.165, 1.54) is 19.2 Å². The van der Waals surface area contributed by atoms with Gasteiger partial charge in [-0.25, -0.2) is 9.78 Å². The minimum atomic E-state index is -0.988. The van der Waals surface area contributed by atoms with Crippen LogP contribution in [0.4, 0.5) is 5.69 Å². The monoisotopic (exact) mass is 336 g/mol. The zero-order chi connectivity index (χ0) is 17.1. The van der Waals surface area contributed by atoms with Crippen LogP contribution in [0.2, 0.25) is 5.15 Å². The molecule has 0 radical (unpaired) electrons. The van der Waals surface area contributed by atoms with Gasteiger partial charge in [0.25, 0.3) is 5.91 Å². The molecule has 2 heterocycles. The molecule has 0 aliphatic heterocycles. The van der Waals surface area contributed by atoms with Gasteiger partial charge >= 0.3 is 5.97 Å². The number of hydrogen-bond acceptors (Lipinski definition) is 5. The summed E-state index contributed by atoms with van der Waals surface area (Å²) in [5.41, 5.74) is 2.22. The second-order valence-electron chi connectivity index (χ2n) is 5.05. The maximum absolute atomic E-state index is 12.2. The van der Waals surface area contributed by atoms with Crippen molar-refractivity contribution in [3.63, 3.8) is 0 Å². The van der Waals surface area contributed by atoms with Gasteiger partial charge in [0.15, 0.2) is 6.10 Å². The second-order valence-corrected chi connectivity index (χ2v) is 5.41. The Kier molecular flexibility index (Phi) is 5.00. The van der Waals surface area contributed by atoms with E-state index in [9.17, 15) is 9.59 Å². The standard InChI is InChI=1S/C15H17ClN4O3/c1-8-12(9(2)20(4)19-8)18-14(21)10(3)23-15(22)11-6-5-7-17-13(11)16/h5-7,10H,1-4H3,(H,18,21)/t10-/m0/s1. The van der Waals surface area contributed by atoms with Gasteiger partial charge in [0.05, 0.1) is 22.6 Å². The summed E-state index contributed by atoms with van der Waals surface area (Å²) in [5, 5.41) is 6.97. The summed E-state index contributed by atoms with van der Waals surface area (Å²) in [6, 6.07) is 3.05. The third-order valence-corrected chi connectivity index (χ3v) is 3.69. The summed E-state index contributed by atoms with van der Waals surface area (Å²) in [7, 11) is 1.78. The van der Waals surface area contributed by atoms with E-state index in [4.69, 9.17) is 16.3 Å². The largest absolute Gasteiger partial charge is 0.449 e. The highest BCUT2D eigenvalue weighted by Crippen LogP contribution is 2.19. The number of ether oxygens (including phenoxy) is 1. The van der Waals surface area contributed by atoms with Crippen molar-refractivity contribution in [1.29, 1.82) is 0 Å². The lowest BCUT2D eigenvalue weighted by molar-refractivity contribution is -0.123. The lowest BCUT2D eigenvalue weighted by atomic mass is 10.2. The number of aryl methyl sites for hydroxylation is 2. The Bertz CT molecular complexity index is 757. The molecular weight excluding hydrogens is 320 g/mol. The van der Waals surface area contributed by atoms with Crippen LogP contribution in [0.5, 0.6) is 0 Å². The fourth-order valence-corrected chi connectivity index (χ4v) is 2.19. The van der Waals surface area contributed by atoms with Gasteiger partial charge in [-0.1, -0.05) is 11.6 Å². The van der Waals surface area contributed by atoms with Crippen LogP contribution in [0.1, 0.15) is 28.7 Å². The van der Waals surface area contributed by atoms with Crippen molar-refractivity contribution in [3.05, 3.63) is 40.4 Å². The molecule has 0 aliphatic carbocycles. The number of anilines is 1. The van der Waals surface area contributed by atoms with Crippen molar-refractivity contribution in [2.75, 3.05) is 5.32 Å². The summed E-state index contributed by atoms with van der Waals surface area (Å²) in [6.07, 6.45) is 0.473. The van der Waals surface area contributed by atoms with Crippen molar-refractivity contribution in [2.45, 2.75) is 26.9 Å². The summed E-state index contributed by atoms with van der Waals surface area (Å²) >= 11 is 5.83. The first-order valence-electron chi connectivity index (χ1n) is 6.93. The molecule has 1 N–H and O–H groups in total. The molecule has 2 aromatic heterocycles. The smallest absolute Gasteiger partial charge is 0.342 e. The Morgan fingerprint density at radius 3 is 2.65 bits per heavy atom. The molecule has 0 unspecified atom stereocenters. The molecule has 23 heavy (non-hydrogen) atoms. The molecule has 0 fully saturated rings. The second kappa shape index (κ2) is 6.78. The number of halogens is 1.